The SMILES string of the molecule is O=C(Nc1ccc2nc([C@H]3CCCO3)[nH]c2c1)c1ccc[nH]1. The fourth-order valence-corrected chi connectivity index (χ4v) is 2.72. The Balaban J connectivity index is 1.58. The van der Waals surface area contributed by atoms with Crippen molar-refractivity contribution in [1.82, 2.24) is 15.0 Å². The topological polar surface area (TPSA) is 82.8 Å². The van der Waals surface area contributed by atoms with Crippen LogP contribution in [-0.4, -0.2) is 27.5 Å². The fraction of sp³-hybridized carbons (Fsp3) is 0.250. The van der Waals surface area contributed by atoms with Gasteiger partial charge in [-0.1, -0.05) is 0 Å². The fourth-order valence-electron chi connectivity index (χ4n) is 2.72. The summed E-state index contributed by atoms with van der Waals surface area (Å²) < 4.78 is 5.64. The Morgan fingerprint density at radius 3 is 3.09 bits per heavy atom. The second kappa shape index (κ2) is 5.31. The highest BCUT2D eigenvalue weighted by Gasteiger charge is 2.21. The van der Waals surface area contributed by atoms with Crippen molar-refractivity contribution in [2.75, 3.05) is 11.9 Å². The van der Waals surface area contributed by atoms with Crippen molar-refractivity contribution in [3.63, 3.8) is 0 Å². The van der Waals surface area contributed by atoms with E-state index in [0.29, 0.717) is 5.69 Å². The number of aromatic nitrogens is 3. The molecular weight excluding hydrogens is 280 g/mol. The van der Waals surface area contributed by atoms with Crippen molar-refractivity contribution in [1.29, 1.82) is 0 Å². The van der Waals surface area contributed by atoms with Gasteiger partial charge in [0.25, 0.3) is 5.91 Å². The van der Waals surface area contributed by atoms with Crippen molar-refractivity contribution in [3.8, 4) is 0 Å². The Labute approximate surface area is 126 Å². The summed E-state index contributed by atoms with van der Waals surface area (Å²) in [5, 5.41) is 2.87. The predicted molar refractivity (Wildman–Crippen MR) is 82.8 cm³/mol. The predicted octanol–water partition coefficient (Wildman–Crippen LogP) is 2.99. The van der Waals surface area contributed by atoms with Gasteiger partial charge >= 0.3 is 0 Å². The molecule has 1 atom stereocenters. The molecule has 3 heterocycles. The van der Waals surface area contributed by atoms with Crippen molar-refractivity contribution in [2.45, 2.75) is 18.9 Å². The lowest BCUT2D eigenvalue weighted by Gasteiger charge is -2.04. The molecule has 6 heteroatoms. The average Bonchev–Trinajstić information content (AvgIpc) is 3.26. The molecule has 1 saturated heterocycles. The molecule has 0 spiro atoms. The first kappa shape index (κ1) is 13.1. The maximum absolute atomic E-state index is 12.0. The Morgan fingerprint density at radius 1 is 1.36 bits per heavy atom. The average molecular weight is 296 g/mol. The molecule has 1 aliphatic heterocycles. The number of benzene rings is 1. The second-order valence-corrected chi connectivity index (χ2v) is 5.39. The van der Waals surface area contributed by atoms with Gasteiger partial charge in [-0.25, -0.2) is 4.98 Å². The maximum Gasteiger partial charge on any atom is 0.272 e. The van der Waals surface area contributed by atoms with Crippen molar-refractivity contribution >= 4 is 22.6 Å². The number of hydrogen-bond acceptors (Lipinski definition) is 3. The molecule has 1 aliphatic rings. The molecule has 1 amide bonds. The lowest BCUT2D eigenvalue weighted by atomic mass is 10.2. The van der Waals surface area contributed by atoms with E-state index < -0.39 is 0 Å². The molecule has 4 rings (SSSR count). The van der Waals surface area contributed by atoms with Crippen molar-refractivity contribution in [2.24, 2.45) is 0 Å². The number of rotatable bonds is 3. The van der Waals surface area contributed by atoms with E-state index in [1.807, 2.05) is 18.2 Å². The zero-order valence-corrected chi connectivity index (χ0v) is 11.9. The molecule has 1 aromatic carbocycles. The smallest absolute Gasteiger partial charge is 0.272 e. The lowest BCUT2D eigenvalue weighted by Crippen LogP contribution is -2.11. The van der Waals surface area contributed by atoms with Gasteiger partial charge < -0.3 is 20.0 Å². The molecular formula is C16H16N4O2. The third kappa shape index (κ3) is 2.37. The summed E-state index contributed by atoms with van der Waals surface area (Å²) in [6, 6.07) is 9.17. The van der Waals surface area contributed by atoms with E-state index in [1.54, 1.807) is 18.3 Å². The quantitative estimate of drug-likeness (QED) is 0.695. The number of carbonyl (C=O) groups excluding carboxylic acids is 1. The zero-order valence-electron chi connectivity index (χ0n) is 11.9. The van der Waals surface area contributed by atoms with E-state index in [9.17, 15) is 4.79 Å². The van der Waals surface area contributed by atoms with Crippen LogP contribution in [0.3, 0.4) is 0 Å². The molecule has 6 nitrogen and oxygen atoms in total. The summed E-state index contributed by atoms with van der Waals surface area (Å²) in [5.41, 5.74) is 3.04. The van der Waals surface area contributed by atoms with E-state index in [4.69, 9.17) is 4.74 Å². The minimum Gasteiger partial charge on any atom is -0.370 e. The summed E-state index contributed by atoms with van der Waals surface area (Å²) in [5.74, 6) is 0.698. The number of aromatic amines is 2. The Morgan fingerprint density at radius 2 is 2.32 bits per heavy atom. The minimum atomic E-state index is -0.164. The molecule has 0 radical (unpaired) electrons. The molecule has 0 saturated carbocycles. The monoisotopic (exact) mass is 296 g/mol. The zero-order chi connectivity index (χ0) is 14.9. The Kier molecular flexibility index (Phi) is 3.16. The highest BCUT2D eigenvalue weighted by atomic mass is 16.5. The number of amides is 1. The molecule has 1 fully saturated rings. The first-order chi connectivity index (χ1) is 10.8. The standard InChI is InChI=1S/C16H16N4O2/c21-16(12-3-1-7-17-12)18-10-5-6-11-13(9-10)20-15(19-11)14-4-2-8-22-14/h1,3,5-7,9,14,17H,2,4,8H2,(H,18,21)(H,19,20)/t14-/m1/s1. The number of imidazole rings is 1. The van der Waals surface area contributed by atoms with Crippen molar-refractivity contribution < 1.29 is 9.53 Å². The number of ether oxygens (including phenoxy) is 1. The van der Waals surface area contributed by atoms with Crippen LogP contribution in [-0.2, 0) is 4.74 Å². The minimum absolute atomic E-state index is 0.0596. The molecule has 0 bridgehead atoms. The summed E-state index contributed by atoms with van der Waals surface area (Å²) in [6.45, 7) is 0.791. The summed E-state index contributed by atoms with van der Waals surface area (Å²) in [6.07, 6.45) is 3.85. The summed E-state index contributed by atoms with van der Waals surface area (Å²) in [7, 11) is 0. The molecule has 112 valence electrons. The number of anilines is 1. The Hall–Kier alpha value is -2.60. The van der Waals surface area contributed by atoms with Crippen LogP contribution < -0.4 is 5.32 Å². The molecule has 3 aromatic rings. The first-order valence-electron chi connectivity index (χ1n) is 7.35. The highest BCUT2D eigenvalue weighted by molar-refractivity contribution is 6.03. The van der Waals surface area contributed by atoms with Crippen LogP contribution in [0.4, 0.5) is 5.69 Å². The lowest BCUT2D eigenvalue weighted by molar-refractivity contribution is 0.102. The molecule has 22 heavy (non-hydrogen) atoms. The Bertz CT molecular complexity index is 801. The number of fused-ring (bicyclic) bond motifs is 1. The van der Waals surface area contributed by atoms with E-state index >= 15 is 0 Å². The number of nitrogens with zero attached hydrogens (tertiary/aromatic N) is 1. The van der Waals surface area contributed by atoms with Gasteiger partial charge in [0.2, 0.25) is 0 Å². The first-order valence-corrected chi connectivity index (χ1v) is 7.35. The number of nitrogens with one attached hydrogen (secondary N) is 3. The maximum atomic E-state index is 12.0. The highest BCUT2D eigenvalue weighted by Crippen LogP contribution is 2.28. The molecule has 3 N–H and O–H groups in total. The van der Waals surface area contributed by atoms with Gasteiger partial charge in [-0.05, 0) is 43.2 Å². The number of H-pyrrole nitrogens is 2. The van der Waals surface area contributed by atoms with Crippen LogP contribution in [0.25, 0.3) is 11.0 Å². The van der Waals surface area contributed by atoms with Gasteiger partial charge in [-0.2, -0.15) is 0 Å². The van der Waals surface area contributed by atoms with Gasteiger partial charge in [-0.15, -0.1) is 0 Å². The van der Waals surface area contributed by atoms with Crippen LogP contribution in [0.5, 0.6) is 0 Å². The third-order valence-corrected chi connectivity index (χ3v) is 3.84. The van der Waals surface area contributed by atoms with Gasteiger partial charge in [-0.3, -0.25) is 4.79 Å². The van der Waals surface area contributed by atoms with Crippen LogP contribution >= 0.6 is 0 Å². The molecule has 2 aromatic heterocycles. The van der Waals surface area contributed by atoms with E-state index in [-0.39, 0.29) is 12.0 Å². The van der Waals surface area contributed by atoms with Gasteiger partial charge in [0.15, 0.2) is 0 Å². The van der Waals surface area contributed by atoms with Crippen LogP contribution in [0.15, 0.2) is 36.5 Å². The van der Waals surface area contributed by atoms with E-state index in [1.165, 1.54) is 0 Å². The summed E-state index contributed by atoms with van der Waals surface area (Å²) >= 11 is 0. The second-order valence-electron chi connectivity index (χ2n) is 5.39. The molecule has 0 aliphatic carbocycles. The number of carbonyl (C=O) groups is 1. The normalized spacial score (nSPS) is 17.9. The van der Waals surface area contributed by atoms with E-state index in [0.717, 1.165) is 42.0 Å². The summed E-state index contributed by atoms with van der Waals surface area (Å²) in [4.78, 5) is 22.8. The van der Waals surface area contributed by atoms with Gasteiger partial charge in [0.1, 0.15) is 17.6 Å². The van der Waals surface area contributed by atoms with Gasteiger partial charge in [0.05, 0.1) is 11.0 Å². The van der Waals surface area contributed by atoms with Crippen LogP contribution in [0.2, 0.25) is 0 Å². The van der Waals surface area contributed by atoms with Gasteiger partial charge in [0, 0.05) is 18.5 Å². The largest absolute Gasteiger partial charge is 0.370 e. The number of hydrogen-bond donors (Lipinski definition) is 3. The molecule has 0 unspecified atom stereocenters. The van der Waals surface area contributed by atoms with Crippen LogP contribution in [0.1, 0.15) is 35.3 Å². The van der Waals surface area contributed by atoms with Crippen LogP contribution in [0, 0.1) is 0 Å². The third-order valence-electron chi connectivity index (χ3n) is 3.84. The van der Waals surface area contributed by atoms with Crippen molar-refractivity contribution in [3.05, 3.63) is 48.0 Å². The van der Waals surface area contributed by atoms with E-state index in [2.05, 4.69) is 20.3 Å².